The molecule has 1 aliphatic heterocycles. The van der Waals surface area contributed by atoms with Crippen molar-refractivity contribution in [3.63, 3.8) is 0 Å². The zero-order valence-corrected chi connectivity index (χ0v) is 10.9. The van der Waals surface area contributed by atoms with Crippen LogP contribution in [0.25, 0.3) is 17.0 Å². The van der Waals surface area contributed by atoms with Gasteiger partial charge in [-0.15, -0.1) is 0 Å². The molecule has 3 heterocycles. The van der Waals surface area contributed by atoms with E-state index in [9.17, 15) is 0 Å². The Labute approximate surface area is 112 Å². The Morgan fingerprint density at radius 2 is 2.17 bits per heavy atom. The van der Waals surface area contributed by atoms with Crippen molar-refractivity contribution in [3.05, 3.63) is 40.7 Å². The lowest BCUT2D eigenvalue weighted by molar-refractivity contribution is 0.814. The molecule has 2 aromatic heterocycles. The number of imidazole rings is 1. The number of nitrogens with zero attached hydrogens (tertiary/aromatic N) is 3. The van der Waals surface area contributed by atoms with E-state index in [0.717, 1.165) is 33.8 Å². The Morgan fingerprint density at radius 1 is 1.28 bits per heavy atom. The summed E-state index contributed by atoms with van der Waals surface area (Å²) in [5, 5.41) is 5.20. The van der Waals surface area contributed by atoms with E-state index in [0.29, 0.717) is 11.1 Å². The minimum atomic E-state index is 0.675. The van der Waals surface area contributed by atoms with Crippen LogP contribution in [0.15, 0.2) is 24.3 Å². The van der Waals surface area contributed by atoms with Crippen LogP contribution < -0.4 is 0 Å². The molecule has 4 nitrogen and oxygen atoms in total. The maximum Gasteiger partial charge on any atom is 0.230 e. The highest BCUT2D eigenvalue weighted by Gasteiger charge is 2.23. The summed E-state index contributed by atoms with van der Waals surface area (Å²) in [4.78, 5) is 7.75. The van der Waals surface area contributed by atoms with Gasteiger partial charge in [0.15, 0.2) is 0 Å². The van der Waals surface area contributed by atoms with E-state index in [1.165, 1.54) is 0 Å². The number of halogens is 1. The molecule has 0 radical (unpaired) electrons. The Kier molecular flexibility index (Phi) is 2.19. The average molecular weight is 277 g/mol. The summed E-state index contributed by atoms with van der Waals surface area (Å²) in [6.45, 7) is 0. The second-order valence-electron chi connectivity index (χ2n) is 4.20. The first-order chi connectivity index (χ1) is 8.83. The van der Waals surface area contributed by atoms with E-state index in [-0.39, 0.29) is 0 Å². The maximum absolute atomic E-state index is 6.36. The summed E-state index contributed by atoms with van der Waals surface area (Å²) in [7, 11) is 0. The number of aromatic nitrogens is 4. The number of aromatic amines is 1. The van der Waals surface area contributed by atoms with E-state index < -0.39 is 0 Å². The molecule has 4 rings (SSSR count). The van der Waals surface area contributed by atoms with Gasteiger partial charge in [0.05, 0.1) is 16.7 Å². The molecular weight excluding hydrogens is 268 g/mol. The lowest BCUT2D eigenvalue weighted by Crippen LogP contribution is -1.99. The SMILES string of the molecule is Clc1c2c(nn1-c1nc3ccccc3[nH]1)CSC2. The molecule has 0 spiro atoms. The molecule has 0 fully saturated rings. The van der Waals surface area contributed by atoms with E-state index >= 15 is 0 Å². The predicted molar refractivity (Wildman–Crippen MR) is 73.2 cm³/mol. The lowest BCUT2D eigenvalue weighted by atomic mass is 10.3. The van der Waals surface area contributed by atoms with Gasteiger partial charge in [-0.2, -0.15) is 21.5 Å². The number of hydrogen-bond acceptors (Lipinski definition) is 3. The molecule has 0 amide bonds. The smallest absolute Gasteiger partial charge is 0.230 e. The van der Waals surface area contributed by atoms with Gasteiger partial charge in [-0.05, 0) is 12.1 Å². The summed E-state index contributed by atoms with van der Waals surface area (Å²) < 4.78 is 1.70. The van der Waals surface area contributed by atoms with Crippen LogP contribution in [0.1, 0.15) is 11.3 Å². The van der Waals surface area contributed by atoms with Crippen LogP contribution >= 0.6 is 23.4 Å². The van der Waals surface area contributed by atoms with Gasteiger partial charge >= 0.3 is 0 Å². The highest BCUT2D eigenvalue weighted by Crippen LogP contribution is 2.35. The fourth-order valence-corrected chi connectivity index (χ4v) is 3.57. The molecule has 1 aliphatic rings. The molecule has 0 unspecified atom stereocenters. The summed E-state index contributed by atoms with van der Waals surface area (Å²) in [5.41, 5.74) is 4.13. The molecule has 90 valence electrons. The first-order valence-corrected chi connectivity index (χ1v) is 7.15. The lowest BCUT2D eigenvalue weighted by Gasteiger charge is -1.98. The van der Waals surface area contributed by atoms with E-state index in [2.05, 4.69) is 15.1 Å². The van der Waals surface area contributed by atoms with Crippen LogP contribution in [0.3, 0.4) is 0 Å². The largest absolute Gasteiger partial charge is 0.322 e. The Bertz CT molecular complexity index is 713. The monoisotopic (exact) mass is 276 g/mol. The van der Waals surface area contributed by atoms with Gasteiger partial charge in [-0.1, -0.05) is 23.7 Å². The minimum Gasteiger partial charge on any atom is -0.322 e. The predicted octanol–water partition coefficient (Wildman–Crippen LogP) is 3.15. The topological polar surface area (TPSA) is 46.5 Å². The zero-order valence-electron chi connectivity index (χ0n) is 9.35. The minimum absolute atomic E-state index is 0.675. The van der Waals surface area contributed by atoms with Gasteiger partial charge in [-0.3, -0.25) is 0 Å². The van der Waals surface area contributed by atoms with Gasteiger partial charge in [-0.25, -0.2) is 4.98 Å². The van der Waals surface area contributed by atoms with Crippen molar-refractivity contribution in [2.24, 2.45) is 0 Å². The first kappa shape index (κ1) is 10.5. The van der Waals surface area contributed by atoms with Crippen molar-refractivity contribution in [2.75, 3.05) is 0 Å². The van der Waals surface area contributed by atoms with Crippen molar-refractivity contribution < 1.29 is 0 Å². The molecule has 0 bridgehead atoms. The summed E-state index contributed by atoms with van der Waals surface area (Å²) >= 11 is 8.20. The fraction of sp³-hybridized carbons (Fsp3) is 0.167. The second-order valence-corrected chi connectivity index (χ2v) is 5.54. The molecule has 1 aromatic carbocycles. The van der Waals surface area contributed by atoms with E-state index in [1.54, 1.807) is 4.68 Å². The Hall–Kier alpha value is -1.46. The van der Waals surface area contributed by atoms with Gasteiger partial charge in [0.2, 0.25) is 5.95 Å². The Morgan fingerprint density at radius 3 is 3.00 bits per heavy atom. The van der Waals surface area contributed by atoms with Gasteiger partial charge in [0.25, 0.3) is 0 Å². The van der Waals surface area contributed by atoms with Crippen molar-refractivity contribution in [1.29, 1.82) is 0 Å². The number of para-hydroxylation sites is 2. The first-order valence-electron chi connectivity index (χ1n) is 5.62. The quantitative estimate of drug-likeness (QED) is 0.743. The number of fused-ring (bicyclic) bond motifs is 2. The van der Waals surface area contributed by atoms with Crippen LogP contribution in [-0.2, 0) is 11.5 Å². The van der Waals surface area contributed by atoms with Crippen molar-refractivity contribution >= 4 is 34.4 Å². The summed E-state index contributed by atoms with van der Waals surface area (Å²) in [6.07, 6.45) is 0. The molecule has 3 aromatic rings. The number of benzene rings is 1. The third kappa shape index (κ3) is 1.41. The van der Waals surface area contributed by atoms with Crippen molar-refractivity contribution in [2.45, 2.75) is 11.5 Å². The molecule has 0 aliphatic carbocycles. The van der Waals surface area contributed by atoms with E-state index in [1.807, 2.05) is 36.0 Å². The fourth-order valence-electron chi connectivity index (χ4n) is 2.16. The standard InChI is InChI=1S/C12H9ClN4S/c13-11-7-5-18-6-10(7)16-17(11)12-14-8-3-1-2-4-9(8)15-12/h1-4H,5-6H2,(H,14,15). The third-order valence-electron chi connectivity index (χ3n) is 3.07. The van der Waals surface area contributed by atoms with Crippen LogP contribution in [0, 0.1) is 0 Å². The number of nitrogens with one attached hydrogen (secondary N) is 1. The number of rotatable bonds is 1. The van der Waals surface area contributed by atoms with Crippen molar-refractivity contribution in [3.8, 4) is 5.95 Å². The van der Waals surface area contributed by atoms with E-state index in [4.69, 9.17) is 11.6 Å². The molecule has 0 saturated carbocycles. The Balaban J connectivity index is 1.92. The van der Waals surface area contributed by atoms with Gasteiger partial charge in [0, 0.05) is 17.1 Å². The molecule has 18 heavy (non-hydrogen) atoms. The van der Waals surface area contributed by atoms with Crippen LogP contribution in [0.5, 0.6) is 0 Å². The zero-order chi connectivity index (χ0) is 12.1. The van der Waals surface area contributed by atoms with Crippen molar-refractivity contribution in [1.82, 2.24) is 19.7 Å². The van der Waals surface area contributed by atoms with Crippen LogP contribution in [0.4, 0.5) is 0 Å². The summed E-state index contributed by atoms with van der Waals surface area (Å²) in [5.74, 6) is 2.55. The molecule has 0 saturated heterocycles. The van der Waals surface area contributed by atoms with Gasteiger partial charge < -0.3 is 4.98 Å². The number of hydrogen-bond donors (Lipinski definition) is 1. The van der Waals surface area contributed by atoms with Gasteiger partial charge in [0.1, 0.15) is 5.15 Å². The number of thioether (sulfide) groups is 1. The highest BCUT2D eigenvalue weighted by molar-refractivity contribution is 7.98. The normalized spacial score (nSPS) is 14.3. The molecule has 6 heteroatoms. The van der Waals surface area contributed by atoms with Crippen LogP contribution in [0.2, 0.25) is 5.15 Å². The average Bonchev–Trinajstić information content (AvgIpc) is 3.04. The van der Waals surface area contributed by atoms with Crippen LogP contribution in [-0.4, -0.2) is 19.7 Å². The summed E-state index contributed by atoms with van der Waals surface area (Å²) in [6, 6.07) is 7.91. The maximum atomic E-state index is 6.36. The molecular formula is C12H9ClN4S. The number of H-pyrrole nitrogens is 1. The molecule has 1 N–H and O–H groups in total. The second kappa shape index (κ2) is 3.76. The highest BCUT2D eigenvalue weighted by atomic mass is 35.5. The third-order valence-corrected chi connectivity index (χ3v) is 4.43. The molecule has 0 atom stereocenters.